The number of carbonyl (C=O) groups excluding carboxylic acids is 2. The molecule has 0 aliphatic carbocycles. The van der Waals surface area contributed by atoms with Gasteiger partial charge < -0.3 is 15.0 Å². The molecule has 2 amide bonds. The molecule has 20 heavy (non-hydrogen) atoms. The number of piperazine rings is 1. The van der Waals surface area contributed by atoms with Gasteiger partial charge in [0.25, 0.3) is 0 Å². The van der Waals surface area contributed by atoms with E-state index in [9.17, 15) is 9.59 Å². The molecule has 6 heteroatoms. The molecular weight excluding hydrogens is 258 g/mol. The second-order valence-electron chi connectivity index (χ2n) is 5.72. The lowest BCUT2D eigenvalue weighted by molar-refractivity contribution is -0.136. The normalized spacial score (nSPS) is 16.8. The van der Waals surface area contributed by atoms with Crippen LogP contribution in [0.2, 0.25) is 0 Å². The maximum Gasteiger partial charge on any atom is 0.247 e. The van der Waals surface area contributed by atoms with Crippen LogP contribution in [0, 0.1) is 5.92 Å². The predicted octanol–water partition coefficient (Wildman–Crippen LogP) is 0.285. The minimum Gasteiger partial charge on any atom is -0.369 e. The highest BCUT2D eigenvalue weighted by molar-refractivity contribution is 5.78. The Labute approximate surface area is 121 Å². The molecule has 0 aromatic carbocycles. The Bertz CT molecular complexity index is 324. The summed E-state index contributed by atoms with van der Waals surface area (Å²) in [6, 6.07) is 0. The number of ether oxygens (including phenoxy) is 1. The summed E-state index contributed by atoms with van der Waals surface area (Å²) < 4.78 is 5.23. The van der Waals surface area contributed by atoms with Gasteiger partial charge in [-0.15, -0.1) is 0 Å². The second kappa shape index (κ2) is 8.21. The monoisotopic (exact) mass is 285 g/mol. The molecule has 1 N–H and O–H groups in total. The van der Waals surface area contributed by atoms with E-state index < -0.39 is 0 Å². The van der Waals surface area contributed by atoms with E-state index in [2.05, 4.69) is 10.2 Å². The molecule has 0 atom stereocenters. The minimum atomic E-state index is -0.0978. The predicted molar refractivity (Wildman–Crippen MR) is 77.1 cm³/mol. The third-order valence-corrected chi connectivity index (χ3v) is 3.23. The molecule has 116 valence electrons. The van der Waals surface area contributed by atoms with Crippen molar-refractivity contribution in [2.75, 3.05) is 39.5 Å². The lowest BCUT2D eigenvalue weighted by Gasteiger charge is -2.35. The summed E-state index contributed by atoms with van der Waals surface area (Å²) in [7, 11) is 0. The third kappa shape index (κ3) is 5.88. The number of hydrogen-bond donors (Lipinski definition) is 1. The van der Waals surface area contributed by atoms with Crippen LogP contribution in [0.4, 0.5) is 0 Å². The SMILES string of the molecule is CC(C)OCC(=O)NCN1CCN(C(=O)C(C)C)CC1. The average Bonchev–Trinajstić information content (AvgIpc) is 2.42. The molecule has 0 aromatic heterocycles. The highest BCUT2D eigenvalue weighted by Crippen LogP contribution is 2.06. The Morgan fingerprint density at radius 3 is 2.20 bits per heavy atom. The van der Waals surface area contributed by atoms with Gasteiger partial charge in [0.1, 0.15) is 6.61 Å². The first-order chi connectivity index (χ1) is 9.40. The maximum atomic E-state index is 11.8. The van der Waals surface area contributed by atoms with Crippen molar-refractivity contribution in [2.24, 2.45) is 5.92 Å². The van der Waals surface area contributed by atoms with Crippen molar-refractivity contribution in [2.45, 2.75) is 33.8 Å². The van der Waals surface area contributed by atoms with Gasteiger partial charge in [0.05, 0.1) is 12.8 Å². The van der Waals surface area contributed by atoms with E-state index in [-0.39, 0.29) is 30.4 Å². The van der Waals surface area contributed by atoms with Gasteiger partial charge in [-0.05, 0) is 13.8 Å². The van der Waals surface area contributed by atoms with Crippen LogP contribution in [0.5, 0.6) is 0 Å². The summed E-state index contributed by atoms with van der Waals surface area (Å²) in [5.41, 5.74) is 0. The zero-order valence-corrected chi connectivity index (χ0v) is 13.0. The van der Waals surface area contributed by atoms with Crippen molar-refractivity contribution >= 4 is 11.8 Å². The Balaban J connectivity index is 2.19. The molecule has 1 saturated heterocycles. The van der Waals surface area contributed by atoms with Gasteiger partial charge in [0.2, 0.25) is 11.8 Å². The zero-order chi connectivity index (χ0) is 15.1. The van der Waals surface area contributed by atoms with Crippen molar-refractivity contribution in [1.29, 1.82) is 0 Å². The molecule has 0 aromatic rings. The molecule has 1 aliphatic rings. The molecule has 0 spiro atoms. The molecular formula is C14H27N3O3. The molecule has 1 rings (SSSR count). The minimum absolute atomic E-state index is 0.0504. The third-order valence-electron chi connectivity index (χ3n) is 3.23. The fourth-order valence-electron chi connectivity index (χ4n) is 1.98. The summed E-state index contributed by atoms with van der Waals surface area (Å²) in [4.78, 5) is 27.4. The molecule has 0 radical (unpaired) electrons. The van der Waals surface area contributed by atoms with Crippen molar-refractivity contribution in [1.82, 2.24) is 15.1 Å². The fraction of sp³-hybridized carbons (Fsp3) is 0.857. The molecule has 6 nitrogen and oxygen atoms in total. The first-order valence-corrected chi connectivity index (χ1v) is 7.29. The smallest absolute Gasteiger partial charge is 0.247 e. The van der Waals surface area contributed by atoms with E-state index in [1.165, 1.54) is 0 Å². The van der Waals surface area contributed by atoms with Crippen LogP contribution in [0.15, 0.2) is 0 Å². The Morgan fingerprint density at radius 2 is 1.70 bits per heavy atom. The van der Waals surface area contributed by atoms with Crippen molar-refractivity contribution in [3.05, 3.63) is 0 Å². The van der Waals surface area contributed by atoms with E-state index in [1.807, 2.05) is 32.6 Å². The Morgan fingerprint density at radius 1 is 1.10 bits per heavy atom. The first kappa shape index (κ1) is 16.9. The molecule has 1 aliphatic heterocycles. The van der Waals surface area contributed by atoms with E-state index in [0.717, 1.165) is 26.2 Å². The van der Waals surface area contributed by atoms with Crippen LogP contribution in [0.1, 0.15) is 27.7 Å². The van der Waals surface area contributed by atoms with Gasteiger partial charge in [-0.3, -0.25) is 14.5 Å². The lowest BCUT2D eigenvalue weighted by atomic mass is 10.1. The molecule has 0 bridgehead atoms. The van der Waals surface area contributed by atoms with Crippen molar-refractivity contribution < 1.29 is 14.3 Å². The first-order valence-electron chi connectivity index (χ1n) is 7.29. The second-order valence-corrected chi connectivity index (χ2v) is 5.72. The maximum absolute atomic E-state index is 11.8. The summed E-state index contributed by atoms with van der Waals surface area (Å²) in [6.07, 6.45) is 0.0614. The van der Waals surface area contributed by atoms with E-state index >= 15 is 0 Å². The summed E-state index contributed by atoms with van der Waals surface area (Å²) in [6.45, 7) is 11.3. The van der Waals surface area contributed by atoms with Gasteiger partial charge >= 0.3 is 0 Å². The number of hydrogen-bond acceptors (Lipinski definition) is 4. The number of amides is 2. The molecule has 1 fully saturated rings. The molecule has 0 unspecified atom stereocenters. The summed E-state index contributed by atoms with van der Waals surface area (Å²) in [5, 5.41) is 2.83. The zero-order valence-electron chi connectivity index (χ0n) is 13.0. The van der Waals surface area contributed by atoms with Gasteiger partial charge in [-0.1, -0.05) is 13.8 Å². The van der Waals surface area contributed by atoms with E-state index in [1.54, 1.807) is 0 Å². The van der Waals surface area contributed by atoms with E-state index in [4.69, 9.17) is 4.74 Å². The van der Waals surface area contributed by atoms with Gasteiger partial charge in [-0.25, -0.2) is 0 Å². The highest BCUT2D eigenvalue weighted by atomic mass is 16.5. The fourth-order valence-corrected chi connectivity index (χ4v) is 1.98. The van der Waals surface area contributed by atoms with Crippen LogP contribution in [-0.4, -0.2) is 67.2 Å². The number of nitrogens with zero attached hydrogens (tertiary/aromatic N) is 2. The van der Waals surface area contributed by atoms with Crippen LogP contribution in [-0.2, 0) is 14.3 Å². The lowest BCUT2D eigenvalue weighted by Crippen LogP contribution is -2.52. The standard InChI is InChI=1S/C14H27N3O3/c1-11(2)14(19)17-7-5-16(6-8-17)10-15-13(18)9-20-12(3)4/h11-12H,5-10H2,1-4H3,(H,15,18). The van der Waals surface area contributed by atoms with Gasteiger partial charge in [0.15, 0.2) is 0 Å². The Hall–Kier alpha value is -1.14. The van der Waals surface area contributed by atoms with Gasteiger partial charge in [0, 0.05) is 32.1 Å². The van der Waals surface area contributed by atoms with Crippen molar-refractivity contribution in [3.63, 3.8) is 0 Å². The number of nitrogens with one attached hydrogen (secondary N) is 1. The highest BCUT2D eigenvalue weighted by Gasteiger charge is 2.22. The van der Waals surface area contributed by atoms with E-state index in [0.29, 0.717) is 6.67 Å². The largest absolute Gasteiger partial charge is 0.369 e. The average molecular weight is 285 g/mol. The van der Waals surface area contributed by atoms with Crippen LogP contribution >= 0.6 is 0 Å². The number of carbonyl (C=O) groups is 2. The van der Waals surface area contributed by atoms with Crippen LogP contribution in [0.3, 0.4) is 0 Å². The molecule has 1 heterocycles. The summed E-state index contributed by atoms with van der Waals surface area (Å²) in [5.74, 6) is 0.160. The van der Waals surface area contributed by atoms with Crippen LogP contribution in [0.25, 0.3) is 0 Å². The quantitative estimate of drug-likeness (QED) is 0.762. The number of rotatable bonds is 6. The van der Waals surface area contributed by atoms with Crippen LogP contribution < -0.4 is 5.32 Å². The van der Waals surface area contributed by atoms with Crippen molar-refractivity contribution in [3.8, 4) is 0 Å². The molecule has 0 saturated carbocycles. The topological polar surface area (TPSA) is 61.9 Å². The Kier molecular flexibility index (Phi) is 6.95. The summed E-state index contributed by atoms with van der Waals surface area (Å²) >= 11 is 0. The van der Waals surface area contributed by atoms with Gasteiger partial charge in [-0.2, -0.15) is 0 Å².